The van der Waals surface area contributed by atoms with E-state index in [9.17, 15) is 0 Å². The summed E-state index contributed by atoms with van der Waals surface area (Å²) in [5.41, 5.74) is 7.45. The molecule has 0 saturated heterocycles. The van der Waals surface area contributed by atoms with Crippen LogP contribution in [0.5, 0.6) is 0 Å². The van der Waals surface area contributed by atoms with E-state index in [-0.39, 0.29) is 5.82 Å². The van der Waals surface area contributed by atoms with Gasteiger partial charge in [-0.25, -0.2) is 4.39 Å². The molecule has 2 saturated carbocycles. The molecule has 0 amide bonds. The SMILES string of the molecule is CCC1=C(CC(C)C2CCC(C)C3CC3C(C)C2)C=C(CC2=CC=CCC2)N(c2ccc(C)cc2F)C1. The van der Waals surface area contributed by atoms with Crippen molar-refractivity contribution in [3.8, 4) is 0 Å². The second kappa shape index (κ2) is 11.3. The molecule has 1 aliphatic heterocycles. The van der Waals surface area contributed by atoms with E-state index in [4.69, 9.17) is 0 Å². The highest BCUT2D eigenvalue weighted by molar-refractivity contribution is 5.59. The average molecular weight is 502 g/mol. The van der Waals surface area contributed by atoms with Crippen LogP contribution < -0.4 is 4.90 Å². The van der Waals surface area contributed by atoms with Crippen LogP contribution in [0.1, 0.15) is 91.0 Å². The predicted molar refractivity (Wildman–Crippen MR) is 156 cm³/mol. The number of halogens is 1. The molecule has 0 N–H and O–H groups in total. The van der Waals surface area contributed by atoms with Gasteiger partial charge in [0.1, 0.15) is 5.82 Å². The number of benzene rings is 1. The highest BCUT2D eigenvalue weighted by Gasteiger charge is 2.46. The van der Waals surface area contributed by atoms with Crippen molar-refractivity contribution < 1.29 is 4.39 Å². The Labute approximate surface area is 225 Å². The Bertz CT molecular complexity index is 1100. The summed E-state index contributed by atoms with van der Waals surface area (Å²) in [6, 6.07) is 5.72. The molecule has 1 aromatic rings. The molecule has 0 spiro atoms. The minimum Gasteiger partial charge on any atom is -0.338 e. The number of nitrogens with zero attached hydrogens (tertiary/aromatic N) is 1. The lowest BCUT2D eigenvalue weighted by molar-refractivity contribution is 0.208. The maximum atomic E-state index is 15.2. The number of hydrogen-bond acceptors (Lipinski definition) is 1. The standard InChI is InChI=1S/C35H48FN/c1-6-28-22-37(35-15-12-23(2)16-34(35)36)31(19-27-10-8-7-9-11-27)20-30(28)17-25(4)29-14-13-24(3)32-21-33(32)26(5)18-29/h7-8,10,12,15-16,20,24-26,29,32-33H,6,9,11,13-14,17-19,21-22H2,1-5H3. The lowest BCUT2D eigenvalue weighted by atomic mass is 9.74. The second-order valence-corrected chi connectivity index (χ2v) is 12.9. The highest BCUT2D eigenvalue weighted by Crippen LogP contribution is 2.54. The van der Waals surface area contributed by atoms with E-state index < -0.39 is 0 Å². The molecule has 200 valence electrons. The molecule has 3 aliphatic carbocycles. The summed E-state index contributed by atoms with van der Waals surface area (Å²) >= 11 is 0. The quantitative estimate of drug-likeness (QED) is 0.359. The molecule has 4 aliphatic rings. The first-order valence-corrected chi connectivity index (χ1v) is 15.1. The first-order valence-electron chi connectivity index (χ1n) is 15.1. The lowest BCUT2D eigenvalue weighted by Gasteiger charge is -2.36. The van der Waals surface area contributed by atoms with Crippen LogP contribution in [0.3, 0.4) is 0 Å². The zero-order chi connectivity index (χ0) is 26.1. The monoisotopic (exact) mass is 501 g/mol. The Hall–Kier alpha value is -2.09. The Kier molecular flexibility index (Phi) is 8.13. The number of fused-ring (bicyclic) bond motifs is 1. The summed E-state index contributed by atoms with van der Waals surface area (Å²) in [6.45, 7) is 12.6. The third-order valence-corrected chi connectivity index (χ3v) is 10.2. The van der Waals surface area contributed by atoms with Crippen LogP contribution in [-0.4, -0.2) is 6.54 Å². The summed E-state index contributed by atoms with van der Waals surface area (Å²) in [6.07, 6.45) is 20.2. The molecule has 37 heavy (non-hydrogen) atoms. The minimum atomic E-state index is -0.105. The van der Waals surface area contributed by atoms with Crippen LogP contribution in [0.25, 0.3) is 0 Å². The lowest BCUT2D eigenvalue weighted by Crippen LogP contribution is -2.30. The van der Waals surface area contributed by atoms with Gasteiger partial charge in [0, 0.05) is 18.7 Å². The molecule has 1 nitrogen and oxygen atoms in total. The summed E-state index contributed by atoms with van der Waals surface area (Å²) in [5, 5.41) is 0. The Balaban J connectivity index is 1.40. The van der Waals surface area contributed by atoms with Gasteiger partial charge in [0.15, 0.2) is 0 Å². The first-order chi connectivity index (χ1) is 17.8. The van der Waals surface area contributed by atoms with Gasteiger partial charge in [0.2, 0.25) is 0 Å². The fourth-order valence-corrected chi connectivity index (χ4v) is 7.60. The molecule has 6 unspecified atom stereocenters. The fraction of sp³-hybridized carbons (Fsp3) is 0.600. The maximum absolute atomic E-state index is 15.2. The van der Waals surface area contributed by atoms with Crippen molar-refractivity contribution in [2.45, 2.75) is 92.4 Å². The highest BCUT2D eigenvalue weighted by atomic mass is 19.1. The van der Waals surface area contributed by atoms with E-state index >= 15 is 4.39 Å². The van der Waals surface area contributed by atoms with Crippen molar-refractivity contribution in [1.82, 2.24) is 0 Å². The maximum Gasteiger partial charge on any atom is 0.147 e. The van der Waals surface area contributed by atoms with Gasteiger partial charge >= 0.3 is 0 Å². The summed E-state index contributed by atoms with van der Waals surface area (Å²) < 4.78 is 15.2. The van der Waals surface area contributed by atoms with Crippen molar-refractivity contribution >= 4 is 5.69 Å². The van der Waals surface area contributed by atoms with Gasteiger partial charge in [0.25, 0.3) is 0 Å². The largest absolute Gasteiger partial charge is 0.338 e. The van der Waals surface area contributed by atoms with Gasteiger partial charge in [-0.2, -0.15) is 0 Å². The van der Waals surface area contributed by atoms with Crippen molar-refractivity contribution in [1.29, 1.82) is 0 Å². The molecule has 1 heterocycles. The normalized spacial score (nSPS) is 30.8. The van der Waals surface area contributed by atoms with Crippen LogP contribution >= 0.6 is 0 Å². The zero-order valence-electron chi connectivity index (χ0n) is 23.9. The van der Waals surface area contributed by atoms with E-state index in [1.807, 2.05) is 19.1 Å². The van der Waals surface area contributed by atoms with Gasteiger partial charge in [-0.3, -0.25) is 0 Å². The smallest absolute Gasteiger partial charge is 0.147 e. The number of aryl methyl sites for hydroxylation is 1. The molecule has 6 atom stereocenters. The molecule has 0 aromatic heterocycles. The van der Waals surface area contributed by atoms with Gasteiger partial charge in [0.05, 0.1) is 5.69 Å². The van der Waals surface area contributed by atoms with E-state index in [0.717, 1.165) is 79.5 Å². The second-order valence-electron chi connectivity index (χ2n) is 12.9. The Morgan fingerprint density at radius 2 is 1.89 bits per heavy atom. The van der Waals surface area contributed by atoms with Crippen molar-refractivity contribution in [2.75, 3.05) is 11.4 Å². The molecular formula is C35H48FN. The Morgan fingerprint density at radius 1 is 1.08 bits per heavy atom. The van der Waals surface area contributed by atoms with Gasteiger partial charge in [-0.05, 0) is 122 Å². The number of rotatable bonds is 7. The fourth-order valence-electron chi connectivity index (χ4n) is 7.60. The van der Waals surface area contributed by atoms with Crippen molar-refractivity contribution in [2.24, 2.45) is 35.5 Å². The van der Waals surface area contributed by atoms with E-state index in [0.29, 0.717) is 5.92 Å². The van der Waals surface area contributed by atoms with Gasteiger partial charge < -0.3 is 4.90 Å². The van der Waals surface area contributed by atoms with Crippen molar-refractivity contribution in [3.63, 3.8) is 0 Å². The molecule has 2 heteroatoms. The molecule has 1 aromatic carbocycles. The summed E-state index contributed by atoms with van der Waals surface area (Å²) in [5.74, 6) is 5.20. The number of anilines is 1. The average Bonchev–Trinajstić information content (AvgIpc) is 3.68. The Morgan fingerprint density at radius 3 is 2.62 bits per heavy atom. The van der Waals surface area contributed by atoms with Crippen LogP contribution in [-0.2, 0) is 0 Å². The van der Waals surface area contributed by atoms with Gasteiger partial charge in [-0.15, -0.1) is 0 Å². The third kappa shape index (κ3) is 5.99. The third-order valence-electron chi connectivity index (χ3n) is 10.2. The predicted octanol–water partition coefficient (Wildman–Crippen LogP) is 9.95. The van der Waals surface area contributed by atoms with Crippen LogP contribution in [0, 0.1) is 48.2 Å². The number of allylic oxidation sites excluding steroid dienone is 6. The van der Waals surface area contributed by atoms with E-state index in [2.05, 4.69) is 56.9 Å². The minimum absolute atomic E-state index is 0.105. The molecule has 0 radical (unpaired) electrons. The van der Waals surface area contributed by atoms with Crippen LogP contribution in [0.4, 0.5) is 10.1 Å². The summed E-state index contributed by atoms with van der Waals surface area (Å²) in [4.78, 5) is 2.27. The zero-order valence-corrected chi connectivity index (χ0v) is 23.9. The van der Waals surface area contributed by atoms with E-state index in [1.165, 1.54) is 48.1 Å². The molecule has 2 fully saturated rings. The summed E-state index contributed by atoms with van der Waals surface area (Å²) in [7, 11) is 0. The van der Waals surface area contributed by atoms with E-state index in [1.54, 1.807) is 6.07 Å². The molecular weight excluding hydrogens is 453 g/mol. The van der Waals surface area contributed by atoms with Gasteiger partial charge in [-0.1, -0.05) is 64.0 Å². The van der Waals surface area contributed by atoms with Crippen LogP contribution in [0.15, 0.2) is 64.9 Å². The molecule has 0 bridgehead atoms. The topological polar surface area (TPSA) is 3.24 Å². The molecule has 5 rings (SSSR count). The first kappa shape index (κ1) is 26.5. The number of hydrogen-bond donors (Lipinski definition) is 0. The van der Waals surface area contributed by atoms with Crippen LogP contribution in [0.2, 0.25) is 0 Å². The van der Waals surface area contributed by atoms with Crippen molar-refractivity contribution in [3.05, 3.63) is 76.3 Å².